The van der Waals surface area contributed by atoms with E-state index in [1.807, 2.05) is 11.3 Å². The van der Waals surface area contributed by atoms with Crippen molar-refractivity contribution in [2.45, 2.75) is 0 Å². The Morgan fingerprint density at radius 2 is 1.10 bits per heavy atom. The van der Waals surface area contributed by atoms with Gasteiger partial charge in [-0.2, -0.15) is 0 Å². The van der Waals surface area contributed by atoms with E-state index in [2.05, 4.69) is 169 Å². The van der Waals surface area contributed by atoms with Gasteiger partial charge in [0, 0.05) is 26.7 Å². The molecule has 0 fully saturated rings. The zero-order valence-corrected chi connectivity index (χ0v) is 23.8. The number of thiophene rings is 1. The van der Waals surface area contributed by atoms with E-state index in [9.17, 15) is 0 Å². The largest absolute Gasteiger partial charge is 0.308 e. The first-order valence-electron chi connectivity index (χ1n) is 14.3. The molecule has 8 rings (SSSR count). The Morgan fingerprint density at radius 3 is 1.88 bits per heavy atom. The smallest absolute Gasteiger partial charge is 0.0640 e. The second-order valence-electron chi connectivity index (χ2n) is 10.6. The summed E-state index contributed by atoms with van der Waals surface area (Å²) in [6.45, 7) is 0. The highest BCUT2D eigenvalue weighted by Crippen LogP contribution is 2.48. The Bertz CT molecular complexity index is 2180. The molecular formula is C40H27NS. The topological polar surface area (TPSA) is 3.24 Å². The van der Waals surface area contributed by atoms with Gasteiger partial charge in [0.05, 0.1) is 16.1 Å². The van der Waals surface area contributed by atoms with Crippen LogP contribution in [0.5, 0.6) is 0 Å². The molecule has 2 heteroatoms. The van der Waals surface area contributed by atoms with Crippen molar-refractivity contribution in [2.75, 3.05) is 4.90 Å². The van der Waals surface area contributed by atoms with Crippen LogP contribution in [-0.2, 0) is 0 Å². The first-order valence-corrected chi connectivity index (χ1v) is 15.1. The fourth-order valence-corrected chi connectivity index (χ4v) is 7.33. The van der Waals surface area contributed by atoms with Crippen molar-refractivity contribution in [1.29, 1.82) is 0 Å². The standard InChI is InChI=1S/C40H27NS/c1-4-13-28(14-5-1)31-23-25-36(35(27-31)29-15-6-2-7-16-29)41(32-18-8-3-9-19-32)37-22-12-21-34-39-33-20-11-10-17-30(33)24-26-38(39)42-40(34)37/h1-27H. The van der Waals surface area contributed by atoms with Crippen molar-refractivity contribution in [1.82, 2.24) is 0 Å². The van der Waals surface area contributed by atoms with Gasteiger partial charge in [0.1, 0.15) is 0 Å². The third-order valence-electron chi connectivity index (χ3n) is 8.05. The third-order valence-corrected chi connectivity index (χ3v) is 9.24. The zero-order chi connectivity index (χ0) is 27.9. The molecule has 1 aromatic heterocycles. The van der Waals surface area contributed by atoms with Gasteiger partial charge in [-0.15, -0.1) is 11.3 Å². The SMILES string of the molecule is c1ccc(-c2ccc(N(c3ccccc3)c3cccc4c3sc3ccc5ccccc5c34)c(-c3ccccc3)c2)cc1. The van der Waals surface area contributed by atoms with Gasteiger partial charge in [-0.1, -0.05) is 127 Å². The highest BCUT2D eigenvalue weighted by Gasteiger charge is 2.22. The third kappa shape index (κ3) is 4.16. The van der Waals surface area contributed by atoms with Crippen molar-refractivity contribution in [3.8, 4) is 22.3 Å². The minimum absolute atomic E-state index is 1.14. The van der Waals surface area contributed by atoms with Crippen molar-refractivity contribution >= 4 is 59.3 Å². The normalized spacial score (nSPS) is 11.3. The van der Waals surface area contributed by atoms with Crippen LogP contribution in [0.2, 0.25) is 0 Å². The first kappa shape index (κ1) is 24.6. The molecule has 42 heavy (non-hydrogen) atoms. The molecule has 0 amide bonds. The van der Waals surface area contributed by atoms with Crippen LogP contribution >= 0.6 is 11.3 Å². The summed E-state index contributed by atoms with van der Waals surface area (Å²) in [6, 6.07) is 59.1. The van der Waals surface area contributed by atoms with E-state index in [1.165, 1.54) is 58.9 Å². The van der Waals surface area contributed by atoms with Crippen LogP contribution in [-0.4, -0.2) is 0 Å². The minimum Gasteiger partial charge on any atom is -0.308 e. The average Bonchev–Trinajstić information content (AvgIpc) is 3.46. The van der Waals surface area contributed by atoms with Crippen molar-refractivity contribution in [2.24, 2.45) is 0 Å². The zero-order valence-electron chi connectivity index (χ0n) is 22.9. The van der Waals surface area contributed by atoms with E-state index in [0.717, 1.165) is 11.4 Å². The highest BCUT2D eigenvalue weighted by atomic mass is 32.1. The van der Waals surface area contributed by atoms with E-state index in [-0.39, 0.29) is 0 Å². The van der Waals surface area contributed by atoms with Crippen LogP contribution in [0.15, 0.2) is 164 Å². The van der Waals surface area contributed by atoms with Crippen molar-refractivity contribution in [3.63, 3.8) is 0 Å². The van der Waals surface area contributed by atoms with Crippen LogP contribution in [0.3, 0.4) is 0 Å². The summed E-state index contributed by atoms with van der Waals surface area (Å²) < 4.78 is 2.60. The van der Waals surface area contributed by atoms with Gasteiger partial charge in [-0.05, 0) is 63.9 Å². The lowest BCUT2D eigenvalue weighted by Gasteiger charge is -2.29. The predicted octanol–water partition coefficient (Wildman–Crippen LogP) is 12.0. The summed E-state index contributed by atoms with van der Waals surface area (Å²) in [4.78, 5) is 2.44. The minimum atomic E-state index is 1.14. The number of nitrogens with zero attached hydrogens (tertiary/aromatic N) is 1. The summed E-state index contributed by atoms with van der Waals surface area (Å²) in [5.41, 5.74) is 8.29. The highest BCUT2D eigenvalue weighted by molar-refractivity contribution is 7.26. The maximum atomic E-state index is 2.44. The molecule has 0 unspecified atom stereocenters. The summed E-state index contributed by atoms with van der Waals surface area (Å²) in [5.74, 6) is 0. The molecule has 0 saturated heterocycles. The van der Waals surface area contributed by atoms with E-state index in [1.54, 1.807) is 0 Å². The number of benzene rings is 7. The van der Waals surface area contributed by atoms with Crippen molar-refractivity contribution in [3.05, 3.63) is 164 Å². The predicted molar refractivity (Wildman–Crippen MR) is 182 cm³/mol. The second kappa shape index (κ2) is 10.3. The molecule has 0 aliphatic rings. The number of hydrogen-bond donors (Lipinski definition) is 0. The number of hydrogen-bond acceptors (Lipinski definition) is 2. The average molecular weight is 554 g/mol. The number of fused-ring (bicyclic) bond motifs is 5. The number of para-hydroxylation sites is 1. The molecule has 1 heterocycles. The fraction of sp³-hybridized carbons (Fsp3) is 0. The Kier molecular flexibility index (Phi) is 6.05. The maximum Gasteiger partial charge on any atom is 0.0640 e. The first-order chi connectivity index (χ1) is 20.8. The van der Waals surface area contributed by atoms with Gasteiger partial charge in [-0.3, -0.25) is 0 Å². The van der Waals surface area contributed by atoms with Gasteiger partial charge in [0.25, 0.3) is 0 Å². The summed E-state index contributed by atoms with van der Waals surface area (Å²) in [5, 5.41) is 5.22. The Labute approximate surface area is 249 Å². The van der Waals surface area contributed by atoms with Crippen LogP contribution in [0, 0.1) is 0 Å². The van der Waals surface area contributed by atoms with E-state index >= 15 is 0 Å². The van der Waals surface area contributed by atoms with Crippen LogP contribution in [0.25, 0.3) is 53.2 Å². The summed E-state index contributed by atoms with van der Waals surface area (Å²) in [7, 11) is 0. The molecule has 198 valence electrons. The van der Waals surface area contributed by atoms with Gasteiger partial charge in [-0.25, -0.2) is 0 Å². The second-order valence-corrected chi connectivity index (χ2v) is 11.6. The van der Waals surface area contributed by atoms with Crippen LogP contribution in [0.1, 0.15) is 0 Å². The molecule has 0 aliphatic heterocycles. The van der Waals surface area contributed by atoms with E-state index in [4.69, 9.17) is 0 Å². The molecule has 8 aromatic rings. The lowest BCUT2D eigenvalue weighted by molar-refractivity contribution is 1.30. The van der Waals surface area contributed by atoms with Gasteiger partial charge in [0.2, 0.25) is 0 Å². The Morgan fingerprint density at radius 1 is 0.429 bits per heavy atom. The van der Waals surface area contributed by atoms with Crippen LogP contribution < -0.4 is 4.90 Å². The lowest BCUT2D eigenvalue weighted by Crippen LogP contribution is -2.11. The molecule has 0 atom stereocenters. The molecule has 0 bridgehead atoms. The summed E-state index contributed by atoms with van der Waals surface area (Å²) in [6.07, 6.45) is 0. The number of rotatable bonds is 5. The lowest BCUT2D eigenvalue weighted by atomic mass is 9.96. The summed E-state index contributed by atoms with van der Waals surface area (Å²) >= 11 is 1.88. The van der Waals surface area contributed by atoms with E-state index < -0.39 is 0 Å². The molecule has 0 saturated carbocycles. The molecular weight excluding hydrogens is 527 g/mol. The Hall–Kier alpha value is -5.18. The van der Waals surface area contributed by atoms with Gasteiger partial charge in [0.15, 0.2) is 0 Å². The Balaban J connectivity index is 1.43. The quantitative estimate of drug-likeness (QED) is 0.205. The van der Waals surface area contributed by atoms with E-state index in [0.29, 0.717) is 0 Å². The van der Waals surface area contributed by atoms with Gasteiger partial charge >= 0.3 is 0 Å². The maximum absolute atomic E-state index is 2.44. The molecule has 1 nitrogen and oxygen atoms in total. The molecule has 0 spiro atoms. The van der Waals surface area contributed by atoms with Gasteiger partial charge < -0.3 is 4.90 Å². The molecule has 0 N–H and O–H groups in total. The molecule has 7 aromatic carbocycles. The monoisotopic (exact) mass is 553 g/mol. The van der Waals surface area contributed by atoms with Crippen LogP contribution in [0.4, 0.5) is 17.1 Å². The molecule has 0 radical (unpaired) electrons. The number of anilines is 3. The van der Waals surface area contributed by atoms with Crippen molar-refractivity contribution < 1.29 is 0 Å². The molecule has 0 aliphatic carbocycles. The fourth-order valence-electron chi connectivity index (χ4n) is 6.10.